The topological polar surface area (TPSA) is 74.5 Å². The lowest BCUT2D eigenvalue weighted by Crippen LogP contribution is -2.40. The highest BCUT2D eigenvalue weighted by Crippen LogP contribution is 2.27. The Morgan fingerprint density at radius 1 is 1.17 bits per heavy atom. The minimum atomic E-state index is -1.30. The van der Waals surface area contributed by atoms with Crippen LogP contribution in [-0.4, -0.2) is 17.7 Å². The van der Waals surface area contributed by atoms with Crippen molar-refractivity contribution in [2.45, 2.75) is 19.4 Å². The van der Waals surface area contributed by atoms with Crippen LogP contribution in [0.4, 0.5) is 10.5 Å². The van der Waals surface area contributed by atoms with Gasteiger partial charge in [0.25, 0.3) is 0 Å². The zero-order chi connectivity index (χ0) is 17.2. The van der Waals surface area contributed by atoms with Crippen molar-refractivity contribution < 1.29 is 14.3 Å². The predicted molar refractivity (Wildman–Crippen MR) is 94.0 cm³/mol. The van der Waals surface area contributed by atoms with Gasteiger partial charge in [-0.15, -0.1) is 0 Å². The molecule has 0 bridgehead atoms. The molecule has 0 saturated heterocycles. The van der Waals surface area contributed by atoms with Crippen LogP contribution in [0.5, 0.6) is 0 Å². The molecule has 1 heterocycles. The maximum atomic E-state index is 12.0. The summed E-state index contributed by atoms with van der Waals surface area (Å²) >= 11 is 0. The van der Waals surface area contributed by atoms with Gasteiger partial charge >= 0.3 is 6.03 Å². The number of nitrogens with one attached hydrogen (secondary N) is 2. The molecule has 124 valence electrons. The molecule has 1 atom stereocenters. The van der Waals surface area contributed by atoms with Gasteiger partial charge in [-0.2, -0.15) is 0 Å². The molecule has 2 aromatic carbocycles. The largest absolute Gasteiger partial charge is 0.458 e. The molecule has 24 heavy (non-hydrogen) atoms. The van der Waals surface area contributed by atoms with Crippen molar-refractivity contribution in [1.82, 2.24) is 5.32 Å². The standard InChI is InChI=1S/C19H20N2O3/c1-13-7-9-15(10-8-13)21-18(22)20-12-19(2,23)17-11-14-5-3-4-6-16(14)24-17/h3-11,23H,12H2,1-2H3,(H2,20,21,22). The number of para-hydroxylation sites is 1. The van der Waals surface area contributed by atoms with Crippen LogP contribution >= 0.6 is 0 Å². The number of rotatable bonds is 4. The third kappa shape index (κ3) is 3.58. The Bertz CT molecular complexity index is 817. The number of amides is 2. The smallest absolute Gasteiger partial charge is 0.319 e. The van der Waals surface area contributed by atoms with E-state index >= 15 is 0 Å². The Morgan fingerprint density at radius 2 is 1.88 bits per heavy atom. The second kappa shape index (κ2) is 6.37. The van der Waals surface area contributed by atoms with Gasteiger partial charge in [-0.25, -0.2) is 4.79 Å². The van der Waals surface area contributed by atoms with E-state index in [4.69, 9.17) is 4.42 Å². The van der Waals surface area contributed by atoms with Gasteiger partial charge in [0.2, 0.25) is 0 Å². The van der Waals surface area contributed by atoms with Crippen LogP contribution in [0.25, 0.3) is 11.0 Å². The summed E-state index contributed by atoms with van der Waals surface area (Å²) < 4.78 is 5.67. The number of urea groups is 1. The number of furan rings is 1. The molecule has 0 fully saturated rings. The maximum absolute atomic E-state index is 12.0. The normalized spacial score (nSPS) is 13.5. The molecule has 3 aromatic rings. The number of carbonyl (C=O) groups is 1. The van der Waals surface area contributed by atoms with Crippen LogP contribution < -0.4 is 10.6 Å². The quantitative estimate of drug-likeness (QED) is 0.684. The molecule has 1 aromatic heterocycles. The Labute approximate surface area is 140 Å². The predicted octanol–water partition coefficient (Wildman–Crippen LogP) is 3.77. The Hall–Kier alpha value is -2.79. The van der Waals surface area contributed by atoms with Crippen LogP contribution in [-0.2, 0) is 5.60 Å². The lowest BCUT2D eigenvalue weighted by molar-refractivity contribution is 0.0388. The number of hydrogen-bond donors (Lipinski definition) is 3. The van der Waals surface area contributed by atoms with Crippen LogP contribution in [0.2, 0.25) is 0 Å². The highest BCUT2D eigenvalue weighted by Gasteiger charge is 2.28. The fourth-order valence-electron chi connectivity index (χ4n) is 2.40. The fourth-order valence-corrected chi connectivity index (χ4v) is 2.40. The Kier molecular flexibility index (Phi) is 4.27. The van der Waals surface area contributed by atoms with E-state index in [9.17, 15) is 9.90 Å². The summed E-state index contributed by atoms with van der Waals surface area (Å²) in [6.07, 6.45) is 0. The second-order valence-corrected chi connectivity index (χ2v) is 6.10. The number of aryl methyl sites for hydroxylation is 1. The van der Waals surface area contributed by atoms with E-state index in [1.54, 1.807) is 13.0 Å². The van der Waals surface area contributed by atoms with Gasteiger partial charge in [-0.3, -0.25) is 0 Å². The van der Waals surface area contributed by atoms with Crippen molar-refractivity contribution in [3.05, 3.63) is 65.9 Å². The number of fused-ring (bicyclic) bond motifs is 1. The summed E-state index contributed by atoms with van der Waals surface area (Å²) in [6, 6.07) is 16.4. The van der Waals surface area contributed by atoms with Gasteiger partial charge in [-0.1, -0.05) is 35.9 Å². The van der Waals surface area contributed by atoms with Crippen LogP contribution in [0, 0.1) is 6.92 Å². The number of anilines is 1. The first-order valence-corrected chi connectivity index (χ1v) is 7.77. The van der Waals surface area contributed by atoms with Gasteiger partial charge in [0, 0.05) is 11.1 Å². The van der Waals surface area contributed by atoms with Crippen LogP contribution in [0.1, 0.15) is 18.2 Å². The van der Waals surface area contributed by atoms with E-state index in [1.165, 1.54) is 0 Å². The first-order chi connectivity index (χ1) is 11.4. The van der Waals surface area contributed by atoms with E-state index in [1.807, 2.05) is 55.5 Å². The molecule has 1 unspecified atom stereocenters. The van der Waals surface area contributed by atoms with Crippen molar-refractivity contribution >= 4 is 22.7 Å². The molecule has 0 spiro atoms. The average molecular weight is 324 g/mol. The molecule has 0 aliphatic rings. The number of hydrogen-bond acceptors (Lipinski definition) is 3. The van der Waals surface area contributed by atoms with Gasteiger partial charge < -0.3 is 20.2 Å². The average Bonchev–Trinajstić information content (AvgIpc) is 3.00. The zero-order valence-electron chi connectivity index (χ0n) is 13.7. The van der Waals surface area contributed by atoms with E-state index in [0.717, 1.165) is 10.9 Å². The fraction of sp³-hybridized carbons (Fsp3) is 0.211. The van der Waals surface area contributed by atoms with Crippen LogP contribution in [0.15, 0.2) is 59.0 Å². The molecule has 0 aliphatic heterocycles. The summed E-state index contributed by atoms with van der Waals surface area (Å²) in [4.78, 5) is 12.0. The van der Waals surface area contributed by atoms with Crippen molar-refractivity contribution in [1.29, 1.82) is 0 Å². The summed E-state index contributed by atoms with van der Waals surface area (Å²) in [5.41, 5.74) is 1.22. The highest BCUT2D eigenvalue weighted by molar-refractivity contribution is 5.89. The first kappa shape index (κ1) is 16.1. The molecule has 0 aliphatic carbocycles. The molecule has 3 N–H and O–H groups in total. The van der Waals surface area contributed by atoms with E-state index in [-0.39, 0.29) is 12.6 Å². The minimum Gasteiger partial charge on any atom is -0.458 e. The molecule has 3 rings (SSSR count). The summed E-state index contributed by atoms with van der Waals surface area (Å²) in [6.45, 7) is 3.62. The lowest BCUT2D eigenvalue weighted by Gasteiger charge is -2.21. The third-order valence-corrected chi connectivity index (χ3v) is 3.86. The molecule has 5 nitrogen and oxygen atoms in total. The molecular weight excluding hydrogens is 304 g/mol. The zero-order valence-corrected chi connectivity index (χ0v) is 13.7. The Balaban J connectivity index is 1.63. The highest BCUT2D eigenvalue weighted by atomic mass is 16.4. The van der Waals surface area contributed by atoms with Crippen molar-refractivity contribution in [2.24, 2.45) is 0 Å². The third-order valence-electron chi connectivity index (χ3n) is 3.86. The molecule has 0 saturated carbocycles. The van der Waals surface area contributed by atoms with E-state index in [0.29, 0.717) is 17.0 Å². The molecule has 0 radical (unpaired) electrons. The summed E-state index contributed by atoms with van der Waals surface area (Å²) in [5.74, 6) is 0.416. The summed E-state index contributed by atoms with van der Waals surface area (Å²) in [5, 5.41) is 16.9. The van der Waals surface area contributed by atoms with Crippen LogP contribution in [0.3, 0.4) is 0 Å². The van der Waals surface area contributed by atoms with Crippen molar-refractivity contribution in [3.63, 3.8) is 0 Å². The van der Waals surface area contributed by atoms with Gasteiger partial charge in [-0.05, 0) is 38.1 Å². The van der Waals surface area contributed by atoms with Crippen molar-refractivity contribution in [2.75, 3.05) is 11.9 Å². The van der Waals surface area contributed by atoms with E-state index in [2.05, 4.69) is 10.6 Å². The minimum absolute atomic E-state index is 0.0323. The van der Waals surface area contributed by atoms with Gasteiger partial charge in [0.1, 0.15) is 16.9 Å². The second-order valence-electron chi connectivity index (χ2n) is 6.10. The molecule has 5 heteroatoms. The van der Waals surface area contributed by atoms with E-state index < -0.39 is 5.60 Å². The lowest BCUT2D eigenvalue weighted by atomic mass is 10.0. The number of benzene rings is 2. The maximum Gasteiger partial charge on any atom is 0.319 e. The SMILES string of the molecule is Cc1ccc(NC(=O)NCC(C)(O)c2cc3ccccc3o2)cc1. The van der Waals surface area contributed by atoms with Crippen molar-refractivity contribution in [3.8, 4) is 0 Å². The van der Waals surface area contributed by atoms with Gasteiger partial charge in [0.15, 0.2) is 0 Å². The molecule has 2 amide bonds. The first-order valence-electron chi connectivity index (χ1n) is 7.77. The monoisotopic (exact) mass is 324 g/mol. The number of aliphatic hydroxyl groups is 1. The summed E-state index contributed by atoms with van der Waals surface area (Å²) in [7, 11) is 0. The number of carbonyl (C=O) groups excluding carboxylic acids is 1. The van der Waals surface area contributed by atoms with Gasteiger partial charge in [0.05, 0.1) is 6.54 Å². The Morgan fingerprint density at radius 3 is 2.58 bits per heavy atom. The molecular formula is C19H20N2O3.